The van der Waals surface area contributed by atoms with E-state index >= 15 is 0 Å². The van der Waals surface area contributed by atoms with Gasteiger partial charge in [-0.15, -0.1) is 23.2 Å². The normalized spacial score (nSPS) is 14.6. The second-order valence-corrected chi connectivity index (χ2v) is 6.72. The highest BCUT2D eigenvalue weighted by atomic mass is 35.5. The summed E-state index contributed by atoms with van der Waals surface area (Å²) in [5.41, 5.74) is 0. The molecule has 8 nitrogen and oxygen atoms in total. The molecule has 0 bridgehead atoms. The van der Waals surface area contributed by atoms with Crippen molar-refractivity contribution in [2.24, 2.45) is 0 Å². The van der Waals surface area contributed by atoms with Gasteiger partial charge in [0.2, 0.25) is 0 Å². The lowest BCUT2D eigenvalue weighted by Gasteiger charge is -2.00. The molecule has 0 aliphatic heterocycles. The molecule has 0 fully saturated rings. The molecule has 120 valence electrons. The molecule has 0 aromatic carbocycles. The van der Waals surface area contributed by atoms with Crippen molar-refractivity contribution in [3.05, 3.63) is 0 Å². The van der Waals surface area contributed by atoms with Crippen LogP contribution in [0.1, 0.15) is 0 Å². The molecule has 2 unspecified atom stereocenters. The summed E-state index contributed by atoms with van der Waals surface area (Å²) in [6, 6.07) is 0. The highest BCUT2D eigenvalue weighted by Crippen LogP contribution is 1.92. The van der Waals surface area contributed by atoms with Crippen LogP contribution in [-0.2, 0) is 20.2 Å². The summed E-state index contributed by atoms with van der Waals surface area (Å²) in [5, 5.41) is 17.0. The van der Waals surface area contributed by atoms with Crippen LogP contribution in [0.15, 0.2) is 0 Å². The van der Waals surface area contributed by atoms with Crippen LogP contribution < -0.4 is 0 Å². The Morgan fingerprint density at radius 3 is 1.05 bits per heavy atom. The van der Waals surface area contributed by atoms with Gasteiger partial charge in [0.1, 0.15) is 11.5 Å². The van der Waals surface area contributed by atoms with Gasteiger partial charge in [-0.05, 0) is 0 Å². The van der Waals surface area contributed by atoms with Crippen LogP contribution in [0.3, 0.4) is 0 Å². The number of hydrogen-bond acceptors (Lipinski definition) is 6. The van der Waals surface area contributed by atoms with E-state index in [1.807, 2.05) is 0 Å². The predicted octanol–water partition coefficient (Wildman–Crippen LogP) is -0.939. The van der Waals surface area contributed by atoms with Gasteiger partial charge in [0.05, 0.1) is 12.2 Å². The molecule has 0 heterocycles. The van der Waals surface area contributed by atoms with Crippen molar-refractivity contribution in [3.8, 4) is 0 Å². The van der Waals surface area contributed by atoms with E-state index in [1.165, 1.54) is 0 Å². The van der Waals surface area contributed by atoms with E-state index in [9.17, 15) is 16.8 Å². The van der Waals surface area contributed by atoms with Crippen LogP contribution in [0.2, 0.25) is 0 Å². The van der Waals surface area contributed by atoms with Gasteiger partial charge in [-0.2, -0.15) is 30.3 Å². The van der Waals surface area contributed by atoms with Crippen molar-refractivity contribution in [1.82, 2.24) is 0 Å². The molecule has 0 rings (SSSR count). The standard InChI is InChI=1S/2C3H7ClO4S.H2S/c2*4-1-3(5)2-9(6,7)8;/h2*3,5H,1-2H2,(H,6,7,8);1H2. The monoisotopic (exact) mass is 382 g/mol. The van der Waals surface area contributed by atoms with Gasteiger partial charge in [0, 0.05) is 11.8 Å². The van der Waals surface area contributed by atoms with Crippen LogP contribution in [-0.4, -0.2) is 71.6 Å². The molecule has 0 amide bonds. The van der Waals surface area contributed by atoms with Gasteiger partial charge in [-0.3, -0.25) is 9.11 Å². The summed E-state index contributed by atoms with van der Waals surface area (Å²) in [5.74, 6) is -1.79. The molecule has 2 atom stereocenters. The Hall–Kier alpha value is 0.670. The Bertz CT molecular complexity index is 368. The van der Waals surface area contributed by atoms with Crippen LogP contribution in [0, 0.1) is 0 Å². The number of alkyl halides is 2. The first-order valence-electron chi connectivity index (χ1n) is 4.29. The minimum atomic E-state index is -4.07. The summed E-state index contributed by atoms with van der Waals surface area (Å²) in [7, 11) is -8.14. The van der Waals surface area contributed by atoms with Crippen molar-refractivity contribution >= 4 is 56.9 Å². The third-order valence-electron chi connectivity index (χ3n) is 1.16. The molecule has 0 radical (unpaired) electrons. The lowest BCUT2D eigenvalue weighted by Crippen LogP contribution is -2.21. The Labute approximate surface area is 128 Å². The van der Waals surface area contributed by atoms with E-state index < -0.39 is 43.9 Å². The van der Waals surface area contributed by atoms with Crippen LogP contribution in [0.4, 0.5) is 0 Å². The molecule has 0 aromatic heterocycles. The first-order chi connectivity index (χ1) is 7.91. The maximum atomic E-state index is 9.94. The molecule has 0 spiro atoms. The van der Waals surface area contributed by atoms with Gasteiger partial charge in [-0.1, -0.05) is 0 Å². The highest BCUT2D eigenvalue weighted by Gasteiger charge is 2.12. The smallest absolute Gasteiger partial charge is 0.267 e. The first kappa shape index (κ1) is 24.7. The van der Waals surface area contributed by atoms with E-state index in [0.29, 0.717) is 0 Å². The Morgan fingerprint density at radius 2 is 1.00 bits per heavy atom. The SMILES string of the molecule is O=S(=O)(O)CC(O)CCl.O=S(=O)(O)CC(O)CCl.S. The number of aliphatic hydroxyl groups is 2. The van der Waals surface area contributed by atoms with E-state index in [-0.39, 0.29) is 25.3 Å². The number of halogens is 2. The van der Waals surface area contributed by atoms with E-state index in [0.717, 1.165) is 0 Å². The average molecular weight is 383 g/mol. The fourth-order valence-corrected chi connectivity index (χ4v) is 2.26. The molecular weight excluding hydrogens is 367 g/mol. The van der Waals surface area contributed by atoms with Crippen LogP contribution >= 0.6 is 36.7 Å². The Balaban J connectivity index is -0.000000256. The molecule has 0 aliphatic carbocycles. The summed E-state index contributed by atoms with van der Waals surface area (Å²) < 4.78 is 55.9. The minimum absolute atomic E-state index is 0. The molecule has 0 aromatic rings. The van der Waals surface area contributed by atoms with E-state index in [2.05, 4.69) is 0 Å². The zero-order valence-corrected chi connectivity index (χ0v) is 13.6. The van der Waals surface area contributed by atoms with Crippen molar-refractivity contribution in [2.75, 3.05) is 23.3 Å². The third-order valence-corrected chi connectivity index (χ3v) is 3.49. The highest BCUT2D eigenvalue weighted by molar-refractivity contribution is 7.86. The maximum absolute atomic E-state index is 9.94. The Kier molecular flexibility index (Phi) is 14.7. The lowest BCUT2D eigenvalue weighted by atomic mass is 10.5. The maximum Gasteiger partial charge on any atom is 0.267 e. The predicted molar refractivity (Wildman–Crippen MR) is 76.7 cm³/mol. The van der Waals surface area contributed by atoms with Gasteiger partial charge >= 0.3 is 0 Å². The van der Waals surface area contributed by atoms with Crippen LogP contribution in [0.25, 0.3) is 0 Å². The topological polar surface area (TPSA) is 149 Å². The summed E-state index contributed by atoms with van der Waals surface area (Å²) in [6.45, 7) is 0. The fourth-order valence-electron chi connectivity index (χ4n) is 0.575. The number of hydrogen-bond donors (Lipinski definition) is 4. The van der Waals surface area contributed by atoms with E-state index in [1.54, 1.807) is 0 Å². The largest absolute Gasteiger partial charge is 0.391 e. The van der Waals surface area contributed by atoms with Crippen molar-refractivity contribution < 1.29 is 36.2 Å². The summed E-state index contributed by atoms with van der Waals surface area (Å²) in [4.78, 5) is 0. The molecule has 0 saturated heterocycles. The second-order valence-electron chi connectivity index (χ2n) is 3.11. The van der Waals surface area contributed by atoms with Crippen molar-refractivity contribution in [1.29, 1.82) is 0 Å². The second kappa shape index (κ2) is 11.3. The molecule has 19 heavy (non-hydrogen) atoms. The zero-order chi connectivity index (χ0) is 15.0. The zero-order valence-electron chi connectivity index (χ0n) is 9.48. The fraction of sp³-hybridized carbons (Fsp3) is 1.00. The summed E-state index contributed by atoms with van der Waals surface area (Å²) >= 11 is 10.1. The molecule has 13 heteroatoms. The minimum Gasteiger partial charge on any atom is -0.391 e. The van der Waals surface area contributed by atoms with Crippen LogP contribution in [0.5, 0.6) is 0 Å². The first-order valence-corrected chi connectivity index (χ1v) is 8.58. The lowest BCUT2D eigenvalue weighted by molar-refractivity contribution is 0.217. The molecular formula is C6H16Cl2O8S3. The Morgan fingerprint density at radius 1 is 0.789 bits per heavy atom. The molecule has 0 saturated carbocycles. The summed E-state index contributed by atoms with van der Waals surface area (Å²) in [6.07, 6.45) is -2.36. The van der Waals surface area contributed by atoms with Gasteiger partial charge < -0.3 is 10.2 Å². The van der Waals surface area contributed by atoms with Gasteiger partial charge in [0.25, 0.3) is 20.2 Å². The quantitative estimate of drug-likeness (QED) is 0.339. The van der Waals surface area contributed by atoms with Gasteiger partial charge in [0.15, 0.2) is 0 Å². The molecule has 4 N–H and O–H groups in total. The van der Waals surface area contributed by atoms with Gasteiger partial charge in [-0.25, -0.2) is 0 Å². The average Bonchev–Trinajstić information content (AvgIpc) is 2.13. The molecule has 0 aliphatic rings. The van der Waals surface area contributed by atoms with E-state index in [4.69, 9.17) is 42.5 Å². The third kappa shape index (κ3) is 24.1. The number of aliphatic hydroxyl groups excluding tert-OH is 2. The van der Waals surface area contributed by atoms with Crippen molar-refractivity contribution in [3.63, 3.8) is 0 Å². The number of rotatable bonds is 6. The van der Waals surface area contributed by atoms with Crippen molar-refractivity contribution in [2.45, 2.75) is 12.2 Å².